The van der Waals surface area contributed by atoms with Gasteiger partial charge in [-0.15, -0.1) is 0 Å². The van der Waals surface area contributed by atoms with Crippen LogP contribution >= 0.6 is 0 Å². The van der Waals surface area contributed by atoms with E-state index < -0.39 is 5.97 Å². The summed E-state index contributed by atoms with van der Waals surface area (Å²) in [6.07, 6.45) is 2.11. The Morgan fingerprint density at radius 1 is 1.47 bits per heavy atom. The van der Waals surface area contributed by atoms with Crippen LogP contribution in [0.25, 0.3) is 0 Å². The fourth-order valence-electron chi connectivity index (χ4n) is 1.20. The number of hydrogen-bond donors (Lipinski definition) is 2. The van der Waals surface area contributed by atoms with Crippen molar-refractivity contribution in [3.05, 3.63) is 12.2 Å². The van der Waals surface area contributed by atoms with Crippen molar-refractivity contribution >= 4 is 11.9 Å². The highest BCUT2D eigenvalue weighted by atomic mass is 16.4. The minimum Gasteiger partial charge on any atom is -0.478 e. The predicted molar refractivity (Wildman–Crippen MR) is 55.4 cm³/mol. The molecule has 0 heterocycles. The van der Waals surface area contributed by atoms with Gasteiger partial charge in [-0.3, -0.25) is 9.69 Å². The summed E-state index contributed by atoms with van der Waals surface area (Å²) < 4.78 is 0. The van der Waals surface area contributed by atoms with Crippen LogP contribution < -0.4 is 5.32 Å². The normalized spacial score (nSPS) is 15.1. The molecule has 0 unspecified atom stereocenters. The number of carbonyl (C=O) groups excluding carboxylic acids is 1. The van der Waals surface area contributed by atoms with Gasteiger partial charge in [-0.05, 0) is 19.9 Å². The van der Waals surface area contributed by atoms with Crippen molar-refractivity contribution in [1.82, 2.24) is 10.2 Å². The standard InChI is InChI=1S/C10H16N2O3/c1-7(10(14)15)5-12(2)6-9(13)11-8-3-4-8/h8H,1,3-6H2,2H3,(H,11,13)(H,14,15). The number of nitrogens with one attached hydrogen (secondary N) is 1. The Morgan fingerprint density at radius 2 is 2.07 bits per heavy atom. The highest BCUT2D eigenvalue weighted by Gasteiger charge is 2.23. The molecule has 1 aliphatic rings. The first-order valence-electron chi connectivity index (χ1n) is 4.88. The summed E-state index contributed by atoms with van der Waals surface area (Å²) in [6, 6.07) is 0.341. The number of nitrogens with zero attached hydrogens (tertiary/aromatic N) is 1. The van der Waals surface area contributed by atoms with Crippen molar-refractivity contribution in [3.63, 3.8) is 0 Å². The van der Waals surface area contributed by atoms with Gasteiger partial charge in [-0.25, -0.2) is 4.79 Å². The van der Waals surface area contributed by atoms with Crippen LogP contribution in [0.3, 0.4) is 0 Å². The molecule has 5 nitrogen and oxygen atoms in total. The third-order valence-electron chi connectivity index (χ3n) is 2.12. The van der Waals surface area contributed by atoms with Crippen LogP contribution in [0, 0.1) is 0 Å². The van der Waals surface area contributed by atoms with Gasteiger partial charge in [-0.1, -0.05) is 6.58 Å². The number of likely N-dealkylation sites (N-methyl/N-ethyl adjacent to an activating group) is 1. The zero-order chi connectivity index (χ0) is 11.4. The number of carboxylic acids is 1. The molecular formula is C10H16N2O3. The molecule has 5 heteroatoms. The largest absolute Gasteiger partial charge is 0.478 e. The van der Waals surface area contributed by atoms with E-state index in [9.17, 15) is 9.59 Å². The molecule has 15 heavy (non-hydrogen) atoms. The Morgan fingerprint density at radius 3 is 2.53 bits per heavy atom. The molecule has 0 aromatic carbocycles. The van der Waals surface area contributed by atoms with Crippen LogP contribution in [0.4, 0.5) is 0 Å². The van der Waals surface area contributed by atoms with E-state index in [2.05, 4.69) is 11.9 Å². The van der Waals surface area contributed by atoms with Gasteiger partial charge in [0.05, 0.1) is 6.54 Å². The number of carboxylic acid groups (broad SMARTS) is 1. The Labute approximate surface area is 88.8 Å². The highest BCUT2D eigenvalue weighted by Crippen LogP contribution is 2.18. The molecule has 0 radical (unpaired) electrons. The van der Waals surface area contributed by atoms with Crippen LogP contribution in [0.2, 0.25) is 0 Å². The first-order chi connectivity index (χ1) is 6.99. The van der Waals surface area contributed by atoms with E-state index in [4.69, 9.17) is 5.11 Å². The summed E-state index contributed by atoms with van der Waals surface area (Å²) in [5.41, 5.74) is 0.0942. The van der Waals surface area contributed by atoms with Gasteiger partial charge in [0.2, 0.25) is 5.91 Å². The molecule has 0 aromatic heterocycles. The van der Waals surface area contributed by atoms with Crippen molar-refractivity contribution < 1.29 is 14.7 Å². The summed E-state index contributed by atoms with van der Waals surface area (Å²) in [5.74, 6) is -1.08. The second-order valence-electron chi connectivity index (χ2n) is 3.92. The van der Waals surface area contributed by atoms with Crippen LogP contribution in [-0.2, 0) is 9.59 Å². The smallest absolute Gasteiger partial charge is 0.332 e. The molecule has 1 fully saturated rings. The van der Waals surface area contributed by atoms with Gasteiger partial charge in [0.1, 0.15) is 0 Å². The lowest BCUT2D eigenvalue weighted by Crippen LogP contribution is -2.37. The Hall–Kier alpha value is -1.36. The van der Waals surface area contributed by atoms with Crippen LogP contribution in [0.15, 0.2) is 12.2 Å². The molecule has 0 bridgehead atoms. The van der Waals surface area contributed by atoms with Crippen LogP contribution in [0.5, 0.6) is 0 Å². The second-order valence-corrected chi connectivity index (χ2v) is 3.92. The van der Waals surface area contributed by atoms with Crippen molar-refractivity contribution in [1.29, 1.82) is 0 Å². The van der Waals surface area contributed by atoms with Gasteiger partial charge in [0.25, 0.3) is 0 Å². The van der Waals surface area contributed by atoms with E-state index in [-0.39, 0.29) is 24.6 Å². The van der Waals surface area contributed by atoms with Gasteiger partial charge in [0.15, 0.2) is 0 Å². The fourth-order valence-corrected chi connectivity index (χ4v) is 1.20. The van der Waals surface area contributed by atoms with Gasteiger partial charge in [-0.2, -0.15) is 0 Å². The molecular weight excluding hydrogens is 196 g/mol. The van der Waals surface area contributed by atoms with Crippen molar-refractivity contribution in [2.75, 3.05) is 20.1 Å². The second kappa shape index (κ2) is 4.93. The topological polar surface area (TPSA) is 69.6 Å². The monoisotopic (exact) mass is 212 g/mol. The average molecular weight is 212 g/mol. The molecule has 1 aliphatic carbocycles. The number of aliphatic carboxylic acids is 1. The maximum Gasteiger partial charge on any atom is 0.332 e. The van der Waals surface area contributed by atoms with Crippen molar-refractivity contribution in [2.24, 2.45) is 0 Å². The summed E-state index contributed by atoms with van der Waals surface area (Å²) in [5, 5.41) is 11.4. The molecule has 0 aliphatic heterocycles. The van der Waals surface area contributed by atoms with E-state index in [0.29, 0.717) is 6.04 Å². The lowest BCUT2D eigenvalue weighted by Gasteiger charge is -2.15. The third-order valence-corrected chi connectivity index (χ3v) is 2.12. The summed E-state index contributed by atoms with van der Waals surface area (Å²) in [7, 11) is 1.70. The van der Waals surface area contributed by atoms with E-state index in [0.717, 1.165) is 12.8 Å². The lowest BCUT2D eigenvalue weighted by molar-refractivity contribution is -0.133. The molecule has 0 aromatic rings. The predicted octanol–water partition coefficient (Wildman–Crippen LogP) is -0.162. The van der Waals surface area contributed by atoms with Gasteiger partial charge in [0, 0.05) is 18.2 Å². The first kappa shape index (κ1) is 11.7. The maximum absolute atomic E-state index is 11.3. The molecule has 0 atom stereocenters. The number of amides is 1. The quantitative estimate of drug-likeness (QED) is 0.600. The lowest BCUT2D eigenvalue weighted by atomic mass is 10.3. The van der Waals surface area contributed by atoms with E-state index >= 15 is 0 Å². The highest BCUT2D eigenvalue weighted by molar-refractivity contribution is 5.86. The Kier molecular flexibility index (Phi) is 3.85. The minimum absolute atomic E-state index is 0.0572. The van der Waals surface area contributed by atoms with Crippen molar-refractivity contribution in [3.8, 4) is 0 Å². The molecule has 0 saturated heterocycles. The molecule has 84 valence electrons. The number of rotatable bonds is 6. The Bertz CT molecular complexity index is 284. The minimum atomic E-state index is -1.02. The molecule has 1 rings (SSSR count). The number of carbonyl (C=O) groups is 2. The van der Waals surface area contributed by atoms with Crippen molar-refractivity contribution in [2.45, 2.75) is 18.9 Å². The number of hydrogen-bond acceptors (Lipinski definition) is 3. The molecule has 0 spiro atoms. The fraction of sp³-hybridized carbons (Fsp3) is 0.600. The molecule has 2 N–H and O–H groups in total. The zero-order valence-corrected chi connectivity index (χ0v) is 8.82. The molecule has 1 amide bonds. The van der Waals surface area contributed by atoms with E-state index in [1.54, 1.807) is 11.9 Å². The van der Waals surface area contributed by atoms with Crippen LogP contribution in [0.1, 0.15) is 12.8 Å². The van der Waals surface area contributed by atoms with Crippen LogP contribution in [-0.4, -0.2) is 48.1 Å². The SMILES string of the molecule is C=C(CN(C)CC(=O)NC1CC1)C(=O)O. The zero-order valence-electron chi connectivity index (χ0n) is 8.82. The first-order valence-corrected chi connectivity index (χ1v) is 4.88. The summed E-state index contributed by atoms with van der Waals surface area (Å²) in [6.45, 7) is 3.81. The summed E-state index contributed by atoms with van der Waals surface area (Å²) in [4.78, 5) is 23.4. The average Bonchev–Trinajstić information content (AvgIpc) is 2.86. The van der Waals surface area contributed by atoms with Gasteiger partial charge >= 0.3 is 5.97 Å². The van der Waals surface area contributed by atoms with Gasteiger partial charge < -0.3 is 10.4 Å². The Balaban J connectivity index is 2.21. The summed E-state index contributed by atoms with van der Waals surface area (Å²) >= 11 is 0. The van der Waals surface area contributed by atoms with E-state index in [1.165, 1.54) is 0 Å². The molecule has 1 saturated carbocycles. The third kappa shape index (κ3) is 4.60. The van der Waals surface area contributed by atoms with E-state index in [1.807, 2.05) is 0 Å². The maximum atomic E-state index is 11.3.